The van der Waals surface area contributed by atoms with Crippen molar-refractivity contribution in [3.63, 3.8) is 0 Å². The van der Waals surface area contributed by atoms with E-state index >= 15 is 0 Å². The Bertz CT molecular complexity index is 247. The summed E-state index contributed by atoms with van der Waals surface area (Å²) in [5.41, 5.74) is 0. The van der Waals surface area contributed by atoms with Gasteiger partial charge >= 0.3 is 5.97 Å². The highest BCUT2D eigenvalue weighted by atomic mass is 35.5. The molecule has 0 saturated heterocycles. The highest BCUT2D eigenvalue weighted by Gasteiger charge is 2.15. The summed E-state index contributed by atoms with van der Waals surface area (Å²) in [5, 5.41) is 1.91. The first-order valence-corrected chi connectivity index (χ1v) is 8.18. The van der Waals surface area contributed by atoms with Crippen LogP contribution in [-0.2, 0) is 9.53 Å². The molecule has 106 valence electrons. The average Bonchev–Trinajstić information content (AvgIpc) is 2.33. The van der Waals surface area contributed by atoms with Gasteiger partial charge in [0.05, 0.1) is 10.8 Å². The molecule has 0 spiro atoms. The van der Waals surface area contributed by atoms with Crippen LogP contribution in [0.25, 0.3) is 0 Å². The maximum absolute atomic E-state index is 10.5. The minimum Gasteiger partial charge on any atom is -0.462 e. The number of carbonyl (C=O) groups excluding carboxylic acids is 1. The van der Waals surface area contributed by atoms with Gasteiger partial charge in [0.15, 0.2) is 0 Å². The fourth-order valence-corrected chi connectivity index (χ4v) is 2.73. The molecule has 0 rings (SSSR count). The van der Waals surface area contributed by atoms with Crippen LogP contribution in [0, 0.1) is 0 Å². The third-order valence-corrected chi connectivity index (χ3v) is 4.54. The normalized spacial score (nSPS) is 14.7. The molecule has 2 unspecified atom stereocenters. The zero-order chi connectivity index (χ0) is 13.8. The van der Waals surface area contributed by atoms with Crippen LogP contribution in [0.15, 0.2) is 11.5 Å². The predicted octanol–water partition coefficient (Wildman–Crippen LogP) is 4.59. The Morgan fingerprint density at radius 2 is 2.06 bits per heavy atom. The molecule has 2 atom stereocenters. The van der Waals surface area contributed by atoms with E-state index in [2.05, 4.69) is 6.92 Å². The fraction of sp³-hybridized carbons (Fsp3) is 0.769. The lowest BCUT2D eigenvalue weighted by molar-refractivity contribution is -0.139. The molecule has 0 aliphatic carbocycles. The SMILES string of the molecule is CCCCCC(Cl)C(Cl)CSC=CCOC(C)=O. The van der Waals surface area contributed by atoms with E-state index in [0.717, 1.165) is 18.6 Å². The van der Waals surface area contributed by atoms with Gasteiger partial charge in [0.2, 0.25) is 0 Å². The van der Waals surface area contributed by atoms with Gasteiger partial charge in [-0.25, -0.2) is 0 Å². The standard InChI is InChI=1S/C13H22Cl2O2S/c1-3-4-5-7-12(14)13(15)10-18-9-6-8-17-11(2)16/h6,9,12-13H,3-5,7-8,10H2,1-2H3. The second kappa shape index (κ2) is 12.2. The number of esters is 1. The first kappa shape index (κ1) is 18.1. The van der Waals surface area contributed by atoms with Crippen molar-refractivity contribution >= 4 is 40.9 Å². The number of alkyl halides is 2. The van der Waals surface area contributed by atoms with Crippen molar-refractivity contribution in [2.75, 3.05) is 12.4 Å². The van der Waals surface area contributed by atoms with Gasteiger partial charge in [-0.1, -0.05) is 26.2 Å². The number of unbranched alkanes of at least 4 members (excludes halogenated alkanes) is 2. The lowest BCUT2D eigenvalue weighted by Gasteiger charge is -2.14. The Balaban J connectivity index is 3.56. The molecular formula is C13H22Cl2O2S. The third kappa shape index (κ3) is 11.2. The van der Waals surface area contributed by atoms with E-state index in [1.54, 1.807) is 17.8 Å². The highest BCUT2D eigenvalue weighted by Crippen LogP contribution is 2.21. The number of thioether (sulfide) groups is 1. The lowest BCUT2D eigenvalue weighted by atomic mass is 10.1. The summed E-state index contributed by atoms with van der Waals surface area (Å²) in [5.74, 6) is 0.509. The topological polar surface area (TPSA) is 26.3 Å². The van der Waals surface area contributed by atoms with Crippen LogP contribution >= 0.6 is 35.0 Å². The molecule has 0 amide bonds. The zero-order valence-electron chi connectivity index (χ0n) is 11.0. The van der Waals surface area contributed by atoms with Crippen LogP contribution in [0.3, 0.4) is 0 Å². The van der Waals surface area contributed by atoms with Gasteiger partial charge in [-0.2, -0.15) is 0 Å². The van der Waals surface area contributed by atoms with Crippen LogP contribution in [-0.4, -0.2) is 29.1 Å². The van der Waals surface area contributed by atoms with E-state index in [-0.39, 0.29) is 16.7 Å². The first-order chi connectivity index (χ1) is 8.57. The smallest absolute Gasteiger partial charge is 0.302 e. The summed E-state index contributed by atoms with van der Waals surface area (Å²) in [6, 6.07) is 0. The molecule has 0 aromatic carbocycles. The molecule has 0 aromatic rings. The van der Waals surface area contributed by atoms with E-state index in [1.807, 2.05) is 5.41 Å². The molecule has 0 fully saturated rings. The molecule has 0 bridgehead atoms. The minimum atomic E-state index is -0.267. The van der Waals surface area contributed by atoms with Gasteiger partial charge in [-0.15, -0.1) is 35.0 Å². The fourth-order valence-electron chi connectivity index (χ4n) is 1.29. The Morgan fingerprint density at radius 3 is 2.67 bits per heavy atom. The molecule has 18 heavy (non-hydrogen) atoms. The highest BCUT2D eigenvalue weighted by molar-refractivity contribution is 8.02. The summed E-state index contributed by atoms with van der Waals surface area (Å²) in [6.07, 6.45) is 6.32. The van der Waals surface area contributed by atoms with Crippen molar-refractivity contribution in [1.82, 2.24) is 0 Å². The Kier molecular flexibility index (Phi) is 12.3. The van der Waals surface area contributed by atoms with Crippen LogP contribution in [0.1, 0.15) is 39.5 Å². The average molecular weight is 313 g/mol. The van der Waals surface area contributed by atoms with Gasteiger partial charge in [-0.3, -0.25) is 4.79 Å². The quantitative estimate of drug-likeness (QED) is 0.335. The monoisotopic (exact) mass is 312 g/mol. The van der Waals surface area contributed by atoms with Gasteiger partial charge in [0, 0.05) is 12.7 Å². The molecule has 0 N–H and O–H groups in total. The molecule has 0 heterocycles. The Labute approximate surface area is 124 Å². The lowest BCUT2D eigenvalue weighted by Crippen LogP contribution is -2.17. The van der Waals surface area contributed by atoms with E-state index < -0.39 is 0 Å². The van der Waals surface area contributed by atoms with Gasteiger partial charge in [0.25, 0.3) is 0 Å². The molecule has 2 nitrogen and oxygen atoms in total. The summed E-state index contributed by atoms with van der Waals surface area (Å²) < 4.78 is 4.76. The molecule has 0 aliphatic heterocycles. The maximum Gasteiger partial charge on any atom is 0.302 e. The second-order valence-corrected chi connectivity index (χ2v) is 6.10. The first-order valence-electron chi connectivity index (χ1n) is 6.26. The predicted molar refractivity (Wildman–Crippen MR) is 81.7 cm³/mol. The van der Waals surface area contributed by atoms with Crippen molar-refractivity contribution in [2.45, 2.75) is 50.3 Å². The molecule has 5 heteroatoms. The minimum absolute atomic E-state index is 0.0214. The van der Waals surface area contributed by atoms with Crippen LogP contribution in [0.5, 0.6) is 0 Å². The van der Waals surface area contributed by atoms with Gasteiger partial charge in [0.1, 0.15) is 6.61 Å². The zero-order valence-corrected chi connectivity index (χ0v) is 13.4. The van der Waals surface area contributed by atoms with Crippen molar-refractivity contribution in [2.24, 2.45) is 0 Å². The second-order valence-electron chi connectivity index (χ2n) is 4.04. The van der Waals surface area contributed by atoms with Crippen molar-refractivity contribution in [1.29, 1.82) is 0 Å². The number of halogens is 2. The number of hydrogen-bond donors (Lipinski definition) is 0. The number of rotatable bonds is 10. The van der Waals surface area contributed by atoms with Crippen molar-refractivity contribution in [3.8, 4) is 0 Å². The van der Waals surface area contributed by atoms with E-state index in [0.29, 0.717) is 6.61 Å². The van der Waals surface area contributed by atoms with E-state index in [1.165, 1.54) is 19.8 Å². The van der Waals surface area contributed by atoms with Crippen LogP contribution in [0.2, 0.25) is 0 Å². The number of ether oxygens (including phenoxy) is 1. The van der Waals surface area contributed by atoms with Crippen LogP contribution < -0.4 is 0 Å². The molecule has 0 saturated carbocycles. The van der Waals surface area contributed by atoms with E-state index in [9.17, 15) is 4.79 Å². The number of hydrogen-bond acceptors (Lipinski definition) is 3. The van der Waals surface area contributed by atoms with Crippen LogP contribution in [0.4, 0.5) is 0 Å². The molecular weight excluding hydrogens is 291 g/mol. The molecule has 0 aromatic heterocycles. The largest absolute Gasteiger partial charge is 0.462 e. The Morgan fingerprint density at radius 1 is 1.33 bits per heavy atom. The number of carbonyl (C=O) groups is 1. The van der Waals surface area contributed by atoms with Gasteiger partial charge in [-0.05, 0) is 17.9 Å². The summed E-state index contributed by atoms with van der Waals surface area (Å²) >= 11 is 14.0. The van der Waals surface area contributed by atoms with Crippen molar-refractivity contribution in [3.05, 3.63) is 11.5 Å². The third-order valence-electron chi connectivity index (χ3n) is 2.31. The van der Waals surface area contributed by atoms with E-state index in [4.69, 9.17) is 27.9 Å². The summed E-state index contributed by atoms with van der Waals surface area (Å²) in [4.78, 5) is 10.5. The summed E-state index contributed by atoms with van der Waals surface area (Å²) in [6.45, 7) is 3.88. The maximum atomic E-state index is 10.5. The molecule has 0 aliphatic rings. The summed E-state index contributed by atoms with van der Waals surface area (Å²) in [7, 11) is 0. The Hall–Kier alpha value is 0.140. The van der Waals surface area contributed by atoms with Crippen molar-refractivity contribution < 1.29 is 9.53 Å². The molecule has 0 radical (unpaired) electrons. The van der Waals surface area contributed by atoms with Gasteiger partial charge < -0.3 is 4.74 Å².